The zero-order valence-electron chi connectivity index (χ0n) is 18.4. The molecular weight excluding hydrogens is 480 g/mol. The van der Waals surface area contributed by atoms with E-state index >= 15 is 0 Å². The predicted octanol–water partition coefficient (Wildman–Crippen LogP) is 5.14. The Hall–Kier alpha value is -4.01. The van der Waals surface area contributed by atoms with Crippen molar-refractivity contribution in [3.8, 4) is 0 Å². The van der Waals surface area contributed by atoms with Gasteiger partial charge < -0.3 is 0 Å². The van der Waals surface area contributed by atoms with E-state index < -0.39 is 10.0 Å². The maximum Gasteiger partial charge on any atom is 0.308 e. The summed E-state index contributed by atoms with van der Waals surface area (Å²) in [5.74, 6) is -0.282. The van der Waals surface area contributed by atoms with Crippen LogP contribution >= 0.6 is 11.3 Å². The highest BCUT2D eigenvalue weighted by Gasteiger charge is 2.21. The molecule has 0 saturated carbocycles. The SMILES string of the molecule is O=C(c1ccccc1)c1ccccc1NS(=O)(=O)c1ccc2c(c1)sc(=O)n2Cc1ccccc1. The number of thiazole rings is 1. The number of sulfonamides is 1. The molecule has 0 amide bonds. The van der Waals surface area contributed by atoms with Crippen LogP contribution in [0.25, 0.3) is 10.2 Å². The molecule has 0 fully saturated rings. The molecule has 4 aromatic carbocycles. The number of carbonyl (C=O) groups is 1. The summed E-state index contributed by atoms with van der Waals surface area (Å²) in [6, 6.07) is 29.4. The van der Waals surface area contributed by atoms with Gasteiger partial charge in [-0.1, -0.05) is 84.1 Å². The van der Waals surface area contributed by atoms with Gasteiger partial charge in [0.05, 0.1) is 27.3 Å². The van der Waals surface area contributed by atoms with E-state index in [1.807, 2.05) is 36.4 Å². The highest BCUT2D eigenvalue weighted by molar-refractivity contribution is 7.92. The highest BCUT2D eigenvalue weighted by atomic mass is 32.2. The zero-order chi connectivity index (χ0) is 24.4. The monoisotopic (exact) mass is 500 g/mol. The summed E-state index contributed by atoms with van der Waals surface area (Å²) in [7, 11) is -4.01. The van der Waals surface area contributed by atoms with Gasteiger partial charge in [-0.15, -0.1) is 0 Å². The lowest BCUT2D eigenvalue weighted by Crippen LogP contribution is -2.16. The smallest absolute Gasteiger partial charge is 0.294 e. The first-order valence-electron chi connectivity index (χ1n) is 10.8. The van der Waals surface area contributed by atoms with Crippen molar-refractivity contribution < 1.29 is 13.2 Å². The van der Waals surface area contributed by atoms with E-state index in [0.29, 0.717) is 22.3 Å². The van der Waals surface area contributed by atoms with Crippen LogP contribution in [0.15, 0.2) is 113 Å². The Labute approximate surface area is 206 Å². The number of ketones is 1. The molecule has 0 saturated heterocycles. The molecule has 0 radical (unpaired) electrons. The van der Waals surface area contributed by atoms with Gasteiger partial charge in [0.25, 0.3) is 10.0 Å². The molecule has 0 bridgehead atoms. The molecule has 0 atom stereocenters. The fourth-order valence-corrected chi connectivity index (χ4v) is 5.96. The van der Waals surface area contributed by atoms with Crippen molar-refractivity contribution in [3.63, 3.8) is 0 Å². The number of benzene rings is 4. The summed E-state index contributed by atoms with van der Waals surface area (Å²) in [5, 5.41) is 0. The van der Waals surface area contributed by atoms with Gasteiger partial charge >= 0.3 is 4.87 Å². The third-order valence-electron chi connectivity index (χ3n) is 5.59. The van der Waals surface area contributed by atoms with Crippen LogP contribution in [-0.2, 0) is 16.6 Å². The third kappa shape index (κ3) is 4.66. The fourth-order valence-electron chi connectivity index (χ4n) is 3.85. The average Bonchev–Trinajstić information content (AvgIpc) is 3.19. The van der Waals surface area contributed by atoms with Gasteiger partial charge in [0.15, 0.2) is 5.78 Å². The Balaban J connectivity index is 1.47. The number of carbonyl (C=O) groups excluding carboxylic acids is 1. The largest absolute Gasteiger partial charge is 0.308 e. The number of anilines is 1. The quantitative estimate of drug-likeness (QED) is 0.314. The minimum Gasteiger partial charge on any atom is -0.294 e. The van der Waals surface area contributed by atoms with Crippen molar-refractivity contribution in [1.82, 2.24) is 4.57 Å². The van der Waals surface area contributed by atoms with E-state index in [9.17, 15) is 18.0 Å². The molecule has 6 nitrogen and oxygen atoms in total. The van der Waals surface area contributed by atoms with Crippen molar-refractivity contribution in [2.75, 3.05) is 4.72 Å². The molecule has 5 rings (SSSR count). The summed E-state index contributed by atoms with van der Waals surface area (Å²) in [6.45, 7) is 0.402. The Bertz CT molecular complexity index is 1690. The van der Waals surface area contributed by atoms with Crippen LogP contribution < -0.4 is 9.60 Å². The summed E-state index contributed by atoms with van der Waals surface area (Å²) < 4.78 is 31.2. The van der Waals surface area contributed by atoms with Crippen LogP contribution in [0.3, 0.4) is 0 Å². The maximum absolute atomic E-state index is 13.2. The number of para-hydroxylation sites is 1. The summed E-state index contributed by atoms with van der Waals surface area (Å²) in [5.41, 5.74) is 2.55. The molecule has 0 aliphatic heterocycles. The molecule has 1 heterocycles. The standard InChI is InChI=1S/C27H20N2O4S2/c30-26(20-11-5-2-6-12-20)22-13-7-8-14-23(22)28-35(32,33)21-15-16-24-25(17-21)34-27(31)29(24)18-19-9-3-1-4-10-19/h1-17,28H,18H2. The molecule has 35 heavy (non-hydrogen) atoms. The Kier molecular flexibility index (Phi) is 6.07. The minimum atomic E-state index is -4.01. The molecule has 0 aliphatic rings. The number of nitrogens with zero attached hydrogens (tertiary/aromatic N) is 1. The molecule has 0 unspecified atom stereocenters. The average molecular weight is 501 g/mol. The zero-order valence-corrected chi connectivity index (χ0v) is 20.1. The second-order valence-electron chi connectivity index (χ2n) is 7.92. The van der Waals surface area contributed by atoms with Crippen molar-refractivity contribution >= 4 is 43.0 Å². The number of hydrogen-bond acceptors (Lipinski definition) is 5. The number of nitrogens with one attached hydrogen (secondary N) is 1. The van der Waals surface area contributed by atoms with E-state index in [1.165, 1.54) is 12.1 Å². The van der Waals surface area contributed by atoms with E-state index in [0.717, 1.165) is 16.9 Å². The van der Waals surface area contributed by atoms with E-state index in [4.69, 9.17) is 0 Å². The van der Waals surface area contributed by atoms with Gasteiger partial charge in [-0.05, 0) is 35.9 Å². The molecule has 1 aromatic heterocycles. The van der Waals surface area contributed by atoms with Crippen LogP contribution in [0.5, 0.6) is 0 Å². The lowest BCUT2D eigenvalue weighted by molar-refractivity contribution is 0.103. The second kappa shape index (κ2) is 9.32. The topological polar surface area (TPSA) is 85.2 Å². The second-order valence-corrected chi connectivity index (χ2v) is 10.6. The molecule has 0 aliphatic carbocycles. The van der Waals surface area contributed by atoms with Gasteiger partial charge in [0.1, 0.15) is 0 Å². The first-order chi connectivity index (χ1) is 16.9. The lowest BCUT2D eigenvalue weighted by Gasteiger charge is -2.12. The van der Waals surface area contributed by atoms with Crippen molar-refractivity contribution in [3.05, 3.63) is 129 Å². The van der Waals surface area contributed by atoms with E-state index in [2.05, 4.69) is 4.72 Å². The number of aromatic nitrogens is 1. The minimum absolute atomic E-state index is 0.0140. The van der Waals surface area contributed by atoms with Gasteiger partial charge in [-0.3, -0.25) is 18.9 Å². The predicted molar refractivity (Wildman–Crippen MR) is 139 cm³/mol. The van der Waals surface area contributed by atoms with Crippen LogP contribution in [0.4, 0.5) is 5.69 Å². The van der Waals surface area contributed by atoms with Crippen molar-refractivity contribution in [2.45, 2.75) is 11.4 Å². The van der Waals surface area contributed by atoms with Gasteiger partial charge in [-0.2, -0.15) is 0 Å². The normalized spacial score (nSPS) is 11.4. The van der Waals surface area contributed by atoms with E-state index in [1.54, 1.807) is 59.2 Å². The number of hydrogen-bond donors (Lipinski definition) is 1. The highest BCUT2D eigenvalue weighted by Crippen LogP contribution is 2.26. The summed E-state index contributed by atoms with van der Waals surface area (Å²) >= 11 is 1.00. The summed E-state index contributed by atoms with van der Waals surface area (Å²) in [4.78, 5) is 25.5. The molecular formula is C27H20N2O4S2. The van der Waals surface area contributed by atoms with Crippen LogP contribution in [0.2, 0.25) is 0 Å². The Morgan fingerprint density at radius 3 is 2.23 bits per heavy atom. The lowest BCUT2D eigenvalue weighted by atomic mass is 10.0. The van der Waals surface area contributed by atoms with Crippen molar-refractivity contribution in [1.29, 1.82) is 0 Å². The van der Waals surface area contributed by atoms with Gasteiger partial charge in [0, 0.05) is 11.1 Å². The first kappa shape index (κ1) is 22.8. The van der Waals surface area contributed by atoms with Crippen LogP contribution in [-0.4, -0.2) is 18.8 Å². The van der Waals surface area contributed by atoms with Gasteiger partial charge in [0.2, 0.25) is 0 Å². The molecule has 0 spiro atoms. The van der Waals surface area contributed by atoms with Crippen LogP contribution in [0.1, 0.15) is 21.5 Å². The molecule has 174 valence electrons. The fraction of sp³-hybridized carbons (Fsp3) is 0.0370. The molecule has 5 aromatic rings. The van der Waals surface area contributed by atoms with Crippen LogP contribution in [0, 0.1) is 0 Å². The molecule has 1 N–H and O–H groups in total. The Morgan fingerprint density at radius 2 is 1.49 bits per heavy atom. The number of rotatable bonds is 7. The van der Waals surface area contributed by atoms with E-state index in [-0.39, 0.29) is 26.8 Å². The number of fused-ring (bicyclic) bond motifs is 1. The maximum atomic E-state index is 13.2. The van der Waals surface area contributed by atoms with Crippen molar-refractivity contribution in [2.24, 2.45) is 0 Å². The first-order valence-corrected chi connectivity index (χ1v) is 13.1. The van der Waals surface area contributed by atoms with Gasteiger partial charge in [-0.25, -0.2) is 8.42 Å². The Morgan fingerprint density at radius 1 is 0.829 bits per heavy atom. The molecule has 8 heteroatoms. The third-order valence-corrected chi connectivity index (χ3v) is 7.89. The summed E-state index contributed by atoms with van der Waals surface area (Å²) in [6.07, 6.45) is 0.